The Bertz CT molecular complexity index is 819. The Kier molecular flexibility index (Phi) is 5.99. The van der Waals surface area contributed by atoms with Gasteiger partial charge in [0, 0.05) is 17.3 Å². The van der Waals surface area contributed by atoms with Crippen LogP contribution in [0.1, 0.15) is 11.4 Å². The summed E-state index contributed by atoms with van der Waals surface area (Å²) in [7, 11) is 3.60. The van der Waals surface area contributed by atoms with Crippen molar-refractivity contribution in [2.75, 3.05) is 7.11 Å². The maximum Gasteiger partial charge on any atom is 0.191 e. The van der Waals surface area contributed by atoms with Crippen LogP contribution in [0, 0.1) is 0 Å². The number of aromatic nitrogens is 3. The van der Waals surface area contributed by atoms with Crippen molar-refractivity contribution in [3.05, 3.63) is 64.4 Å². The minimum atomic E-state index is 0.370. The molecule has 0 amide bonds. The topological polar surface area (TPSA) is 49.2 Å². The monoisotopic (exact) mass is 419 g/mol. The van der Waals surface area contributed by atoms with E-state index in [9.17, 15) is 0 Å². The van der Waals surface area contributed by atoms with Crippen molar-refractivity contribution in [3.63, 3.8) is 0 Å². The van der Waals surface area contributed by atoms with E-state index in [0.717, 1.165) is 32.7 Å². The van der Waals surface area contributed by atoms with Crippen molar-refractivity contribution in [1.29, 1.82) is 0 Å². The quantitative estimate of drug-likeness (QED) is 0.529. The van der Waals surface area contributed by atoms with Crippen LogP contribution in [0.15, 0.2) is 58.2 Å². The highest BCUT2D eigenvalue weighted by Crippen LogP contribution is 2.23. The second-order valence-corrected chi connectivity index (χ2v) is 7.20. The highest BCUT2D eigenvalue weighted by Gasteiger charge is 2.10. The van der Waals surface area contributed by atoms with E-state index in [4.69, 9.17) is 9.47 Å². The van der Waals surface area contributed by atoms with Gasteiger partial charge in [0.1, 0.15) is 18.1 Å². The minimum absolute atomic E-state index is 0.370. The molecule has 2 aromatic carbocycles. The molecule has 7 heteroatoms. The van der Waals surface area contributed by atoms with Crippen LogP contribution in [0.5, 0.6) is 11.5 Å². The summed E-state index contributed by atoms with van der Waals surface area (Å²) in [6.45, 7) is 0.370. The van der Waals surface area contributed by atoms with Gasteiger partial charge in [-0.2, -0.15) is 0 Å². The molecule has 0 radical (unpaired) electrons. The number of ether oxygens (including phenoxy) is 2. The first-order chi connectivity index (χ1) is 12.2. The van der Waals surface area contributed by atoms with E-state index in [0.29, 0.717) is 6.61 Å². The maximum atomic E-state index is 5.77. The second-order valence-electron chi connectivity index (χ2n) is 5.34. The van der Waals surface area contributed by atoms with Gasteiger partial charge in [0.25, 0.3) is 0 Å². The predicted molar refractivity (Wildman–Crippen MR) is 102 cm³/mol. The van der Waals surface area contributed by atoms with Gasteiger partial charge in [-0.1, -0.05) is 39.8 Å². The average molecular weight is 420 g/mol. The Morgan fingerprint density at radius 2 is 1.68 bits per heavy atom. The SMILES string of the molecule is COc1ccc(OCc2nnc(SCc3ccc(Br)cc3)n2C)cc1. The van der Waals surface area contributed by atoms with Gasteiger partial charge >= 0.3 is 0 Å². The fourth-order valence-electron chi connectivity index (χ4n) is 2.14. The molecule has 0 fully saturated rings. The van der Waals surface area contributed by atoms with Crippen molar-refractivity contribution in [1.82, 2.24) is 14.8 Å². The molecule has 1 aromatic heterocycles. The molecule has 0 bridgehead atoms. The smallest absolute Gasteiger partial charge is 0.191 e. The summed E-state index contributed by atoms with van der Waals surface area (Å²) in [4.78, 5) is 0. The molecule has 5 nitrogen and oxygen atoms in total. The summed E-state index contributed by atoms with van der Waals surface area (Å²) in [5.41, 5.74) is 1.24. The molecular weight excluding hydrogens is 402 g/mol. The van der Waals surface area contributed by atoms with Crippen molar-refractivity contribution in [2.24, 2.45) is 7.05 Å². The molecule has 0 aliphatic rings. The van der Waals surface area contributed by atoms with E-state index >= 15 is 0 Å². The first kappa shape index (κ1) is 17.8. The van der Waals surface area contributed by atoms with Crippen molar-refractivity contribution in [3.8, 4) is 11.5 Å². The molecule has 0 aliphatic carbocycles. The van der Waals surface area contributed by atoms with Crippen LogP contribution in [0.2, 0.25) is 0 Å². The summed E-state index contributed by atoms with van der Waals surface area (Å²) in [6, 6.07) is 15.8. The summed E-state index contributed by atoms with van der Waals surface area (Å²) in [5.74, 6) is 3.21. The van der Waals surface area contributed by atoms with E-state index in [-0.39, 0.29) is 0 Å². The average Bonchev–Trinajstić information content (AvgIpc) is 3.00. The molecule has 0 saturated carbocycles. The first-order valence-electron chi connectivity index (χ1n) is 7.68. The molecule has 3 aromatic rings. The van der Waals surface area contributed by atoms with Crippen molar-refractivity contribution in [2.45, 2.75) is 17.5 Å². The van der Waals surface area contributed by atoms with Gasteiger partial charge in [0.05, 0.1) is 7.11 Å². The zero-order valence-corrected chi connectivity index (χ0v) is 16.4. The number of hydrogen-bond acceptors (Lipinski definition) is 5. The van der Waals surface area contributed by atoms with E-state index in [2.05, 4.69) is 38.3 Å². The Morgan fingerprint density at radius 3 is 2.36 bits per heavy atom. The minimum Gasteiger partial charge on any atom is -0.497 e. The van der Waals surface area contributed by atoms with Gasteiger partial charge in [-0.3, -0.25) is 0 Å². The maximum absolute atomic E-state index is 5.77. The van der Waals surface area contributed by atoms with Gasteiger partial charge in [0.15, 0.2) is 11.0 Å². The molecule has 25 heavy (non-hydrogen) atoms. The number of benzene rings is 2. The number of hydrogen-bond donors (Lipinski definition) is 0. The van der Waals surface area contributed by atoms with Crippen LogP contribution in [-0.2, 0) is 19.4 Å². The summed E-state index contributed by atoms with van der Waals surface area (Å²) in [6.07, 6.45) is 0. The lowest BCUT2D eigenvalue weighted by Gasteiger charge is -2.07. The molecule has 130 valence electrons. The van der Waals surface area contributed by atoms with Crippen LogP contribution in [-0.4, -0.2) is 21.9 Å². The lowest BCUT2D eigenvalue weighted by Crippen LogP contribution is -2.04. The predicted octanol–water partition coefficient (Wildman–Crippen LogP) is 4.46. The highest BCUT2D eigenvalue weighted by molar-refractivity contribution is 9.10. The molecule has 0 unspecified atom stereocenters. The van der Waals surface area contributed by atoms with Gasteiger partial charge in [-0.15, -0.1) is 10.2 Å². The summed E-state index contributed by atoms with van der Waals surface area (Å²) >= 11 is 5.10. The second kappa shape index (κ2) is 8.40. The van der Waals surface area contributed by atoms with Gasteiger partial charge < -0.3 is 14.0 Å². The largest absolute Gasteiger partial charge is 0.497 e. The van der Waals surface area contributed by atoms with E-state index < -0.39 is 0 Å². The van der Waals surface area contributed by atoms with Crippen LogP contribution in [0.3, 0.4) is 0 Å². The summed E-state index contributed by atoms with van der Waals surface area (Å²) in [5, 5.41) is 9.35. The molecule has 0 N–H and O–H groups in total. The Balaban J connectivity index is 1.57. The Hall–Kier alpha value is -1.99. The first-order valence-corrected chi connectivity index (χ1v) is 9.46. The van der Waals surface area contributed by atoms with E-state index in [1.165, 1.54) is 5.56 Å². The summed E-state index contributed by atoms with van der Waals surface area (Å²) < 4.78 is 14.0. The number of nitrogens with zero attached hydrogens (tertiary/aromatic N) is 3. The molecule has 0 saturated heterocycles. The standard InChI is InChI=1S/C18H18BrN3O2S/c1-22-17(11-24-16-9-7-15(23-2)8-10-16)20-21-18(22)25-12-13-3-5-14(19)6-4-13/h3-10H,11-12H2,1-2H3. The van der Waals surface area contributed by atoms with Crippen LogP contribution >= 0.6 is 27.7 Å². The molecule has 1 heterocycles. The molecule has 3 rings (SSSR count). The van der Waals surface area contributed by atoms with Gasteiger partial charge in [0.2, 0.25) is 0 Å². The van der Waals surface area contributed by atoms with Gasteiger partial charge in [-0.25, -0.2) is 0 Å². The Labute approximate surface area is 159 Å². The molecular formula is C18H18BrN3O2S. The zero-order valence-electron chi connectivity index (χ0n) is 14.0. The molecule has 0 spiro atoms. The van der Waals surface area contributed by atoms with E-state index in [1.54, 1.807) is 18.9 Å². The van der Waals surface area contributed by atoms with Crippen LogP contribution in [0.4, 0.5) is 0 Å². The zero-order chi connectivity index (χ0) is 17.6. The number of thioether (sulfide) groups is 1. The number of rotatable bonds is 7. The van der Waals surface area contributed by atoms with E-state index in [1.807, 2.05) is 48.0 Å². The third-order valence-electron chi connectivity index (χ3n) is 3.63. The molecule has 0 aliphatic heterocycles. The Morgan fingerprint density at radius 1 is 1.00 bits per heavy atom. The van der Waals surface area contributed by atoms with Crippen LogP contribution in [0.25, 0.3) is 0 Å². The third kappa shape index (κ3) is 4.76. The van der Waals surface area contributed by atoms with Crippen molar-refractivity contribution < 1.29 is 9.47 Å². The normalized spacial score (nSPS) is 10.7. The van der Waals surface area contributed by atoms with Crippen LogP contribution < -0.4 is 9.47 Å². The number of methoxy groups -OCH3 is 1. The number of halogens is 1. The van der Waals surface area contributed by atoms with Crippen molar-refractivity contribution >= 4 is 27.7 Å². The van der Waals surface area contributed by atoms with Gasteiger partial charge in [-0.05, 0) is 42.0 Å². The third-order valence-corrected chi connectivity index (χ3v) is 5.25. The molecule has 0 atom stereocenters. The fraction of sp³-hybridized carbons (Fsp3) is 0.222. The fourth-order valence-corrected chi connectivity index (χ4v) is 3.29. The lowest BCUT2D eigenvalue weighted by molar-refractivity contribution is 0.290. The lowest BCUT2D eigenvalue weighted by atomic mass is 10.2. The highest BCUT2D eigenvalue weighted by atomic mass is 79.9.